The molecule has 0 radical (unpaired) electrons. The molecule has 4 heteroatoms. The molecule has 1 fully saturated rings. The molecular formula is C21H38N2O2+2. The monoisotopic (exact) mass is 350 g/mol. The van der Waals surface area contributed by atoms with E-state index in [9.17, 15) is 0 Å². The summed E-state index contributed by atoms with van der Waals surface area (Å²) in [5.74, 6) is 2.26. The molecule has 2 rings (SSSR count). The Balaban J connectivity index is 1.74. The van der Waals surface area contributed by atoms with Crippen LogP contribution in [0.3, 0.4) is 0 Å². The minimum absolute atomic E-state index is 0.231. The Kier molecular flexibility index (Phi) is 8.73. The first-order valence-corrected chi connectivity index (χ1v) is 10.1. The highest BCUT2D eigenvalue weighted by atomic mass is 16.5. The van der Waals surface area contributed by atoms with Gasteiger partial charge in [0.15, 0.2) is 0 Å². The highest BCUT2D eigenvalue weighted by Crippen LogP contribution is 2.28. The standard InChI is InChI=1S/C21H36N2O2/c1-17(2)21(19-5-7-20(8-6-19)25-18(3)4)9-10-22-11-12-23-13-15-24-16-14-23/h5-8,17-18,21-22H,9-16H2,1-4H3/p+2/t21-/m0/s1. The van der Waals surface area contributed by atoms with Gasteiger partial charge in [-0.15, -0.1) is 0 Å². The summed E-state index contributed by atoms with van der Waals surface area (Å²) in [7, 11) is 0. The first kappa shape index (κ1) is 20.2. The van der Waals surface area contributed by atoms with E-state index in [4.69, 9.17) is 9.47 Å². The van der Waals surface area contributed by atoms with Crippen molar-refractivity contribution in [3.8, 4) is 5.75 Å². The Morgan fingerprint density at radius 3 is 2.32 bits per heavy atom. The molecule has 0 aliphatic carbocycles. The minimum Gasteiger partial charge on any atom is -0.491 e. The molecule has 1 heterocycles. The molecule has 4 nitrogen and oxygen atoms in total. The van der Waals surface area contributed by atoms with E-state index in [-0.39, 0.29) is 6.10 Å². The molecule has 1 aliphatic rings. The number of ether oxygens (including phenoxy) is 2. The number of morpholine rings is 1. The van der Waals surface area contributed by atoms with Crippen molar-refractivity contribution in [2.24, 2.45) is 5.92 Å². The third-order valence-electron chi connectivity index (χ3n) is 5.07. The average Bonchev–Trinajstić information content (AvgIpc) is 2.59. The fourth-order valence-corrected chi connectivity index (χ4v) is 3.61. The fourth-order valence-electron chi connectivity index (χ4n) is 3.61. The Hall–Kier alpha value is -1.10. The molecule has 25 heavy (non-hydrogen) atoms. The van der Waals surface area contributed by atoms with Gasteiger partial charge in [0.2, 0.25) is 0 Å². The lowest BCUT2D eigenvalue weighted by Crippen LogP contribution is -3.16. The number of nitrogens with two attached hydrogens (primary N) is 1. The van der Waals surface area contributed by atoms with Gasteiger partial charge in [0.1, 0.15) is 31.9 Å². The van der Waals surface area contributed by atoms with Crippen molar-refractivity contribution >= 4 is 0 Å². The highest BCUT2D eigenvalue weighted by Gasteiger charge is 2.17. The predicted molar refractivity (Wildman–Crippen MR) is 102 cm³/mol. The van der Waals surface area contributed by atoms with Gasteiger partial charge in [0.05, 0.1) is 25.9 Å². The molecule has 0 saturated carbocycles. The first-order chi connectivity index (χ1) is 12.1. The van der Waals surface area contributed by atoms with Gasteiger partial charge in [-0.2, -0.15) is 0 Å². The van der Waals surface area contributed by atoms with Gasteiger partial charge in [-0.25, -0.2) is 0 Å². The van der Waals surface area contributed by atoms with Gasteiger partial charge in [-0.05, 0) is 43.4 Å². The van der Waals surface area contributed by atoms with Crippen LogP contribution in [0.1, 0.15) is 45.6 Å². The van der Waals surface area contributed by atoms with Gasteiger partial charge in [0, 0.05) is 6.42 Å². The van der Waals surface area contributed by atoms with Crippen LogP contribution in [0.25, 0.3) is 0 Å². The van der Waals surface area contributed by atoms with E-state index in [0.29, 0.717) is 11.8 Å². The van der Waals surface area contributed by atoms with Gasteiger partial charge in [0.25, 0.3) is 0 Å². The summed E-state index contributed by atoms with van der Waals surface area (Å²) in [4.78, 5) is 1.70. The fraction of sp³-hybridized carbons (Fsp3) is 0.714. The minimum atomic E-state index is 0.231. The van der Waals surface area contributed by atoms with Crippen LogP contribution in [0.5, 0.6) is 5.75 Å². The summed E-state index contributed by atoms with van der Waals surface area (Å²) < 4.78 is 11.2. The molecule has 3 N–H and O–H groups in total. The molecule has 142 valence electrons. The summed E-state index contributed by atoms with van der Waals surface area (Å²) in [5, 5.41) is 2.49. The van der Waals surface area contributed by atoms with E-state index in [0.717, 1.165) is 19.0 Å². The topological polar surface area (TPSA) is 39.5 Å². The Bertz CT molecular complexity index is 467. The van der Waals surface area contributed by atoms with Crippen molar-refractivity contribution in [2.75, 3.05) is 45.9 Å². The average molecular weight is 351 g/mol. The largest absolute Gasteiger partial charge is 0.491 e. The third kappa shape index (κ3) is 7.35. The van der Waals surface area contributed by atoms with E-state index < -0.39 is 0 Å². The van der Waals surface area contributed by atoms with Crippen LogP contribution in [0.2, 0.25) is 0 Å². The third-order valence-corrected chi connectivity index (χ3v) is 5.07. The molecule has 1 saturated heterocycles. The van der Waals surface area contributed by atoms with E-state index in [1.807, 2.05) is 0 Å². The number of hydrogen-bond acceptors (Lipinski definition) is 2. The maximum absolute atomic E-state index is 5.76. The smallest absolute Gasteiger partial charge is 0.127 e. The number of hydrogen-bond donors (Lipinski definition) is 2. The Morgan fingerprint density at radius 2 is 1.72 bits per heavy atom. The zero-order valence-corrected chi connectivity index (χ0v) is 16.6. The Morgan fingerprint density at radius 1 is 1.04 bits per heavy atom. The van der Waals surface area contributed by atoms with E-state index in [1.54, 1.807) is 4.90 Å². The maximum atomic E-state index is 5.76. The maximum Gasteiger partial charge on any atom is 0.127 e. The number of nitrogens with one attached hydrogen (secondary N) is 1. The van der Waals surface area contributed by atoms with Gasteiger partial charge >= 0.3 is 0 Å². The number of benzene rings is 1. The second kappa shape index (κ2) is 10.8. The highest BCUT2D eigenvalue weighted by molar-refractivity contribution is 5.29. The van der Waals surface area contributed by atoms with Crippen molar-refractivity contribution in [3.63, 3.8) is 0 Å². The molecular weight excluding hydrogens is 312 g/mol. The quantitative estimate of drug-likeness (QED) is 0.620. The lowest BCUT2D eigenvalue weighted by molar-refractivity contribution is -0.919. The lowest BCUT2D eigenvalue weighted by atomic mass is 9.86. The van der Waals surface area contributed by atoms with Crippen molar-refractivity contribution in [1.82, 2.24) is 0 Å². The number of quaternary nitrogens is 2. The molecule has 0 amide bonds. The number of rotatable bonds is 10. The molecule has 1 atom stereocenters. The van der Waals surface area contributed by atoms with Crippen molar-refractivity contribution in [3.05, 3.63) is 29.8 Å². The van der Waals surface area contributed by atoms with Gasteiger partial charge in [-0.3, -0.25) is 0 Å². The zero-order chi connectivity index (χ0) is 18.1. The van der Waals surface area contributed by atoms with Crippen LogP contribution >= 0.6 is 0 Å². The first-order valence-electron chi connectivity index (χ1n) is 10.1. The van der Waals surface area contributed by atoms with Crippen molar-refractivity contribution < 1.29 is 19.7 Å². The summed E-state index contributed by atoms with van der Waals surface area (Å²) in [6.45, 7) is 16.7. The predicted octanol–water partition coefficient (Wildman–Crippen LogP) is 1.08. The molecule has 1 aromatic carbocycles. The molecule has 0 spiro atoms. The van der Waals surface area contributed by atoms with Crippen LogP contribution in [0.15, 0.2) is 24.3 Å². The SMILES string of the molecule is CC(C)Oc1ccc([C@@H](CC[NH2+]CC[NH+]2CCOCC2)C(C)C)cc1. The summed E-state index contributed by atoms with van der Waals surface area (Å²) in [6, 6.07) is 8.74. The van der Waals surface area contributed by atoms with Crippen molar-refractivity contribution in [1.29, 1.82) is 0 Å². The van der Waals surface area contributed by atoms with Crippen LogP contribution in [-0.2, 0) is 4.74 Å². The van der Waals surface area contributed by atoms with E-state index in [2.05, 4.69) is 57.3 Å². The van der Waals surface area contributed by atoms with Crippen LogP contribution < -0.4 is 15.0 Å². The second-order valence-corrected chi connectivity index (χ2v) is 7.85. The van der Waals surface area contributed by atoms with Gasteiger partial charge < -0.3 is 19.7 Å². The van der Waals surface area contributed by atoms with Crippen LogP contribution in [-0.4, -0.2) is 52.0 Å². The van der Waals surface area contributed by atoms with Crippen molar-refractivity contribution in [2.45, 2.75) is 46.1 Å². The molecule has 1 aliphatic heterocycles. The Labute approximate surface area is 153 Å². The van der Waals surface area contributed by atoms with Gasteiger partial charge in [-0.1, -0.05) is 26.0 Å². The molecule has 0 unspecified atom stereocenters. The van der Waals surface area contributed by atoms with Crippen LogP contribution in [0.4, 0.5) is 0 Å². The molecule has 1 aromatic rings. The molecule has 0 bridgehead atoms. The van der Waals surface area contributed by atoms with Crippen LogP contribution in [0, 0.1) is 5.92 Å². The van der Waals surface area contributed by atoms with E-state index >= 15 is 0 Å². The summed E-state index contributed by atoms with van der Waals surface area (Å²) >= 11 is 0. The summed E-state index contributed by atoms with van der Waals surface area (Å²) in [5.41, 5.74) is 1.44. The second-order valence-electron chi connectivity index (χ2n) is 7.85. The zero-order valence-electron chi connectivity index (χ0n) is 16.6. The normalized spacial score (nSPS) is 17.2. The summed E-state index contributed by atoms with van der Waals surface area (Å²) in [6.07, 6.45) is 1.47. The molecule has 0 aromatic heterocycles. The van der Waals surface area contributed by atoms with E-state index in [1.165, 1.54) is 44.7 Å². The lowest BCUT2D eigenvalue weighted by Gasteiger charge is -2.23.